The van der Waals surface area contributed by atoms with Crippen LogP contribution in [-0.2, 0) is 11.2 Å². The van der Waals surface area contributed by atoms with Crippen molar-refractivity contribution in [3.05, 3.63) is 35.4 Å². The molecule has 0 fully saturated rings. The van der Waals surface area contributed by atoms with E-state index in [1.807, 2.05) is 13.8 Å². The van der Waals surface area contributed by atoms with Crippen molar-refractivity contribution in [3.63, 3.8) is 0 Å². The van der Waals surface area contributed by atoms with Crippen molar-refractivity contribution < 1.29 is 13.6 Å². The van der Waals surface area contributed by atoms with Gasteiger partial charge in [0.25, 0.3) is 0 Å². The first kappa shape index (κ1) is 12.8. The number of carbonyl (C=O) groups excluding carboxylic acids is 1. The van der Waals surface area contributed by atoms with Crippen LogP contribution in [0.25, 0.3) is 0 Å². The summed E-state index contributed by atoms with van der Waals surface area (Å²) in [5.41, 5.74) is 0.344. The molecule has 0 N–H and O–H groups in total. The standard InChI is InChI=1S/C13H16F2O/c1-9(2)13(16)5-3-4-10-8-11(14)6-7-12(10)15/h6-9H,3-5H2,1-2H3. The van der Waals surface area contributed by atoms with E-state index in [1.54, 1.807) is 0 Å². The summed E-state index contributed by atoms with van der Waals surface area (Å²) in [6.07, 6.45) is 1.40. The topological polar surface area (TPSA) is 17.1 Å². The van der Waals surface area contributed by atoms with Crippen LogP contribution in [0.2, 0.25) is 0 Å². The number of rotatable bonds is 5. The lowest BCUT2D eigenvalue weighted by Crippen LogP contribution is -2.07. The van der Waals surface area contributed by atoms with Gasteiger partial charge in [-0.2, -0.15) is 0 Å². The highest BCUT2D eigenvalue weighted by Gasteiger charge is 2.08. The summed E-state index contributed by atoms with van der Waals surface area (Å²) in [4.78, 5) is 11.3. The zero-order valence-electron chi connectivity index (χ0n) is 9.59. The Hall–Kier alpha value is -1.25. The molecular weight excluding hydrogens is 210 g/mol. The summed E-state index contributed by atoms with van der Waals surface area (Å²) in [5, 5.41) is 0. The lowest BCUT2D eigenvalue weighted by atomic mass is 10.0. The molecular formula is C13H16F2O. The minimum absolute atomic E-state index is 0.0114. The van der Waals surface area contributed by atoms with Crippen molar-refractivity contribution >= 4 is 5.78 Å². The molecule has 0 saturated heterocycles. The number of hydrogen-bond acceptors (Lipinski definition) is 1. The summed E-state index contributed by atoms with van der Waals surface area (Å²) in [5.74, 6) is -0.667. The van der Waals surface area contributed by atoms with Gasteiger partial charge in [-0.3, -0.25) is 4.79 Å². The Balaban J connectivity index is 2.49. The normalized spacial score (nSPS) is 10.8. The molecule has 0 aromatic heterocycles. The monoisotopic (exact) mass is 226 g/mol. The first-order chi connectivity index (χ1) is 7.50. The Morgan fingerprint density at radius 2 is 2.00 bits per heavy atom. The van der Waals surface area contributed by atoms with Gasteiger partial charge >= 0.3 is 0 Å². The highest BCUT2D eigenvalue weighted by Crippen LogP contribution is 2.13. The minimum Gasteiger partial charge on any atom is -0.299 e. The highest BCUT2D eigenvalue weighted by atomic mass is 19.1. The van der Waals surface area contributed by atoms with Crippen LogP contribution >= 0.6 is 0 Å². The van der Waals surface area contributed by atoms with E-state index in [0.717, 1.165) is 12.1 Å². The van der Waals surface area contributed by atoms with E-state index in [-0.39, 0.29) is 11.7 Å². The molecule has 88 valence electrons. The molecule has 1 rings (SSSR count). The van der Waals surface area contributed by atoms with Gasteiger partial charge in [-0.05, 0) is 36.6 Å². The van der Waals surface area contributed by atoms with Crippen molar-refractivity contribution in [2.45, 2.75) is 33.1 Å². The van der Waals surface area contributed by atoms with Crippen LogP contribution in [0.4, 0.5) is 8.78 Å². The first-order valence-corrected chi connectivity index (χ1v) is 5.47. The van der Waals surface area contributed by atoms with Gasteiger partial charge in [0.1, 0.15) is 17.4 Å². The predicted molar refractivity (Wildman–Crippen MR) is 59.1 cm³/mol. The van der Waals surface area contributed by atoms with Crippen molar-refractivity contribution in [1.82, 2.24) is 0 Å². The fraction of sp³-hybridized carbons (Fsp3) is 0.462. The molecule has 1 nitrogen and oxygen atoms in total. The maximum Gasteiger partial charge on any atom is 0.135 e. The lowest BCUT2D eigenvalue weighted by molar-refractivity contribution is -0.121. The Labute approximate surface area is 94.5 Å². The number of aryl methyl sites for hydroxylation is 1. The quantitative estimate of drug-likeness (QED) is 0.750. The fourth-order valence-corrected chi connectivity index (χ4v) is 1.48. The molecule has 0 heterocycles. The molecule has 0 spiro atoms. The lowest BCUT2D eigenvalue weighted by Gasteiger charge is -2.05. The van der Waals surface area contributed by atoms with Crippen molar-refractivity contribution in [3.8, 4) is 0 Å². The third kappa shape index (κ3) is 3.72. The zero-order chi connectivity index (χ0) is 12.1. The first-order valence-electron chi connectivity index (χ1n) is 5.47. The van der Waals surface area contributed by atoms with Gasteiger partial charge < -0.3 is 0 Å². The van der Waals surface area contributed by atoms with Crippen LogP contribution in [0.3, 0.4) is 0 Å². The SMILES string of the molecule is CC(C)C(=O)CCCc1cc(F)ccc1F. The smallest absolute Gasteiger partial charge is 0.135 e. The summed E-state index contributed by atoms with van der Waals surface area (Å²) < 4.78 is 26.0. The molecule has 0 radical (unpaired) electrons. The number of carbonyl (C=O) groups is 1. The van der Waals surface area contributed by atoms with E-state index >= 15 is 0 Å². The van der Waals surface area contributed by atoms with E-state index in [2.05, 4.69) is 0 Å². The van der Waals surface area contributed by atoms with Gasteiger partial charge in [0.05, 0.1) is 0 Å². The number of benzene rings is 1. The van der Waals surface area contributed by atoms with Crippen molar-refractivity contribution in [2.75, 3.05) is 0 Å². The summed E-state index contributed by atoms with van der Waals surface area (Å²) in [6.45, 7) is 3.68. The molecule has 1 aromatic rings. The molecule has 3 heteroatoms. The molecule has 16 heavy (non-hydrogen) atoms. The Bertz CT molecular complexity index is 372. The molecule has 0 amide bonds. The molecule has 0 aliphatic rings. The van der Waals surface area contributed by atoms with E-state index in [9.17, 15) is 13.6 Å². The zero-order valence-corrected chi connectivity index (χ0v) is 9.59. The Morgan fingerprint density at radius 3 is 2.62 bits per heavy atom. The summed E-state index contributed by atoms with van der Waals surface area (Å²) >= 11 is 0. The van der Waals surface area contributed by atoms with Crippen LogP contribution in [0.1, 0.15) is 32.3 Å². The molecule has 0 aliphatic carbocycles. The van der Waals surface area contributed by atoms with Crippen molar-refractivity contribution in [2.24, 2.45) is 5.92 Å². The summed E-state index contributed by atoms with van der Waals surface area (Å²) in [7, 11) is 0. The molecule has 1 aromatic carbocycles. The van der Waals surface area contributed by atoms with Crippen LogP contribution < -0.4 is 0 Å². The fourth-order valence-electron chi connectivity index (χ4n) is 1.48. The van der Waals surface area contributed by atoms with E-state index in [1.165, 1.54) is 6.07 Å². The van der Waals surface area contributed by atoms with E-state index in [4.69, 9.17) is 0 Å². The highest BCUT2D eigenvalue weighted by molar-refractivity contribution is 5.80. The second-order valence-electron chi connectivity index (χ2n) is 4.21. The molecule has 0 saturated carbocycles. The Kier molecular flexibility index (Phi) is 4.59. The van der Waals surface area contributed by atoms with Crippen LogP contribution in [-0.4, -0.2) is 5.78 Å². The maximum absolute atomic E-state index is 13.2. The third-order valence-corrected chi connectivity index (χ3v) is 2.52. The largest absolute Gasteiger partial charge is 0.299 e. The number of ketones is 1. The van der Waals surface area contributed by atoms with Gasteiger partial charge in [0.15, 0.2) is 0 Å². The number of Topliss-reactive ketones (excluding diaryl/α,β-unsaturated/α-hetero) is 1. The molecule has 0 bridgehead atoms. The van der Waals surface area contributed by atoms with E-state index in [0.29, 0.717) is 24.8 Å². The van der Waals surface area contributed by atoms with Crippen LogP contribution in [0, 0.1) is 17.6 Å². The molecule has 0 unspecified atom stereocenters. The molecule has 0 atom stereocenters. The summed E-state index contributed by atoms with van der Waals surface area (Å²) in [6, 6.07) is 3.40. The second-order valence-corrected chi connectivity index (χ2v) is 4.21. The Morgan fingerprint density at radius 1 is 1.31 bits per heavy atom. The number of halogens is 2. The van der Waals surface area contributed by atoms with Crippen LogP contribution in [0.5, 0.6) is 0 Å². The van der Waals surface area contributed by atoms with Gasteiger partial charge in [-0.1, -0.05) is 13.8 Å². The van der Waals surface area contributed by atoms with Gasteiger partial charge in [-0.15, -0.1) is 0 Å². The van der Waals surface area contributed by atoms with Gasteiger partial charge in [0.2, 0.25) is 0 Å². The second kappa shape index (κ2) is 5.73. The van der Waals surface area contributed by atoms with Crippen LogP contribution in [0.15, 0.2) is 18.2 Å². The van der Waals surface area contributed by atoms with Gasteiger partial charge in [-0.25, -0.2) is 8.78 Å². The molecule has 0 aliphatic heterocycles. The minimum atomic E-state index is -0.438. The van der Waals surface area contributed by atoms with Gasteiger partial charge in [0, 0.05) is 12.3 Å². The van der Waals surface area contributed by atoms with E-state index < -0.39 is 11.6 Å². The average molecular weight is 226 g/mol. The number of hydrogen-bond donors (Lipinski definition) is 0. The average Bonchev–Trinajstić information content (AvgIpc) is 2.22. The maximum atomic E-state index is 13.2. The third-order valence-electron chi connectivity index (χ3n) is 2.52. The van der Waals surface area contributed by atoms with Crippen molar-refractivity contribution in [1.29, 1.82) is 0 Å². The predicted octanol–water partition coefficient (Wildman–Crippen LogP) is 3.51.